The fourth-order valence-electron chi connectivity index (χ4n) is 3.12. The smallest absolute Gasteiger partial charge is 0.277 e. The van der Waals surface area contributed by atoms with E-state index in [2.05, 4.69) is 10.4 Å². The van der Waals surface area contributed by atoms with Crippen molar-refractivity contribution in [3.8, 4) is 5.75 Å². The predicted octanol–water partition coefficient (Wildman–Crippen LogP) is 3.01. The van der Waals surface area contributed by atoms with Crippen LogP contribution in [-0.2, 0) is 0 Å². The minimum Gasteiger partial charge on any atom is -0.497 e. The lowest BCUT2D eigenvalue weighted by Gasteiger charge is -2.21. The summed E-state index contributed by atoms with van der Waals surface area (Å²) in [6, 6.07) is 11.5. The number of ether oxygens (including phenoxy) is 1. The molecule has 9 heteroatoms. The van der Waals surface area contributed by atoms with Gasteiger partial charge in [-0.15, -0.1) is 0 Å². The molecule has 0 aliphatic carbocycles. The van der Waals surface area contributed by atoms with Gasteiger partial charge in [-0.3, -0.25) is 10.2 Å². The molecule has 3 aromatic rings. The Bertz CT molecular complexity index is 1010. The van der Waals surface area contributed by atoms with Crippen LogP contribution in [0.2, 0.25) is 0 Å². The van der Waals surface area contributed by atoms with E-state index in [0.717, 1.165) is 17.0 Å². The molecule has 0 radical (unpaired) electrons. The van der Waals surface area contributed by atoms with Crippen molar-refractivity contribution in [1.29, 1.82) is 0 Å². The molecular formula is C19H19N5O3S. The average molecular weight is 397 g/mol. The number of carbonyl (C=O) groups excluding carboxylic acids is 1. The third-order valence-corrected chi connectivity index (χ3v) is 5.68. The van der Waals surface area contributed by atoms with Gasteiger partial charge in [0.25, 0.3) is 5.91 Å². The second-order valence-electron chi connectivity index (χ2n) is 6.25. The average Bonchev–Trinajstić information content (AvgIpc) is 3.46. The Morgan fingerprint density at radius 2 is 2.14 bits per heavy atom. The van der Waals surface area contributed by atoms with Crippen LogP contribution in [0.1, 0.15) is 39.2 Å². The standard InChI is InChI=1S/C19H19N5O3S/c1-11-17(18(25)22-20)28-19(21-11)24-15(12-5-7-13(26-2)8-6-12)10-14(23-24)16-4-3-9-27-16/h3-9,15H,10,20H2,1-2H3,(H,22,25). The second-order valence-corrected chi connectivity index (χ2v) is 7.22. The third-order valence-electron chi connectivity index (χ3n) is 4.54. The molecule has 3 N–H and O–H groups in total. The van der Waals surface area contributed by atoms with Crippen LogP contribution in [0, 0.1) is 6.92 Å². The van der Waals surface area contributed by atoms with E-state index in [9.17, 15) is 4.79 Å². The van der Waals surface area contributed by atoms with Crippen molar-refractivity contribution in [2.45, 2.75) is 19.4 Å². The van der Waals surface area contributed by atoms with Crippen molar-refractivity contribution >= 4 is 28.1 Å². The molecule has 0 fully saturated rings. The van der Waals surface area contributed by atoms with E-state index in [-0.39, 0.29) is 11.9 Å². The number of hydrogen-bond acceptors (Lipinski definition) is 8. The van der Waals surface area contributed by atoms with Crippen LogP contribution in [0.4, 0.5) is 5.13 Å². The number of amides is 1. The van der Waals surface area contributed by atoms with Crippen LogP contribution in [0.25, 0.3) is 0 Å². The number of hydrazone groups is 1. The fourth-order valence-corrected chi connectivity index (χ4v) is 4.09. The molecule has 1 aliphatic rings. The van der Waals surface area contributed by atoms with Gasteiger partial charge in [-0.1, -0.05) is 23.5 Å². The molecule has 0 spiro atoms. The van der Waals surface area contributed by atoms with Gasteiger partial charge in [0.2, 0.25) is 5.13 Å². The minimum atomic E-state index is -0.364. The van der Waals surface area contributed by atoms with Gasteiger partial charge in [-0.05, 0) is 36.8 Å². The molecule has 2 aromatic heterocycles. The normalized spacial score (nSPS) is 16.2. The maximum absolute atomic E-state index is 12.0. The zero-order chi connectivity index (χ0) is 19.7. The van der Waals surface area contributed by atoms with E-state index in [1.807, 2.05) is 41.4 Å². The Labute approximate surface area is 165 Å². The maximum Gasteiger partial charge on any atom is 0.277 e. The van der Waals surface area contributed by atoms with Crippen LogP contribution >= 0.6 is 11.3 Å². The van der Waals surface area contributed by atoms with Crippen LogP contribution in [-0.4, -0.2) is 23.7 Å². The van der Waals surface area contributed by atoms with E-state index in [1.165, 1.54) is 11.3 Å². The first-order chi connectivity index (χ1) is 13.6. The maximum atomic E-state index is 12.0. The largest absolute Gasteiger partial charge is 0.497 e. The van der Waals surface area contributed by atoms with Crippen molar-refractivity contribution in [3.05, 3.63) is 64.6 Å². The molecule has 1 aromatic carbocycles. The van der Waals surface area contributed by atoms with Crippen molar-refractivity contribution in [3.63, 3.8) is 0 Å². The first-order valence-corrected chi connectivity index (χ1v) is 9.45. The zero-order valence-electron chi connectivity index (χ0n) is 15.4. The molecule has 1 amide bonds. The van der Waals surface area contributed by atoms with Crippen molar-refractivity contribution in [2.24, 2.45) is 10.9 Å². The van der Waals surface area contributed by atoms with Gasteiger partial charge in [0, 0.05) is 6.42 Å². The molecule has 0 bridgehead atoms. The molecule has 3 heterocycles. The van der Waals surface area contributed by atoms with Crippen LogP contribution < -0.4 is 21.0 Å². The first kappa shape index (κ1) is 18.2. The number of anilines is 1. The summed E-state index contributed by atoms with van der Waals surface area (Å²) in [6.45, 7) is 1.78. The van der Waals surface area contributed by atoms with Gasteiger partial charge in [-0.2, -0.15) is 5.10 Å². The number of hydrazine groups is 1. The number of nitrogens with one attached hydrogen (secondary N) is 1. The van der Waals surface area contributed by atoms with E-state index in [1.54, 1.807) is 20.3 Å². The predicted molar refractivity (Wildman–Crippen MR) is 107 cm³/mol. The van der Waals surface area contributed by atoms with Gasteiger partial charge >= 0.3 is 0 Å². The number of aromatic nitrogens is 1. The van der Waals surface area contributed by atoms with Gasteiger partial charge in [0.15, 0.2) is 0 Å². The van der Waals surface area contributed by atoms with Crippen molar-refractivity contribution in [2.75, 3.05) is 12.1 Å². The first-order valence-electron chi connectivity index (χ1n) is 8.63. The van der Waals surface area contributed by atoms with Crippen LogP contribution in [0.3, 0.4) is 0 Å². The van der Waals surface area contributed by atoms with Crippen LogP contribution in [0.15, 0.2) is 52.2 Å². The van der Waals surface area contributed by atoms with Crippen molar-refractivity contribution in [1.82, 2.24) is 10.4 Å². The van der Waals surface area contributed by atoms with Gasteiger partial charge in [0.05, 0.1) is 25.1 Å². The number of nitrogen functional groups attached to an aromatic ring is 1. The van der Waals surface area contributed by atoms with E-state index >= 15 is 0 Å². The number of rotatable bonds is 5. The molecule has 0 saturated carbocycles. The fraction of sp³-hybridized carbons (Fsp3) is 0.211. The van der Waals surface area contributed by atoms with Gasteiger partial charge < -0.3 is 9.15 Å². The number of thiazole rings is 1. The summed E-state index contributed by atoms with van der Waals surface area (Å²) in [4.78, 5) is 17.0. The van der Waals surface area contributed by atoms with Crippen molar-refractivity contribution < 1.29 is 13.9 Å². The summed E-state index contributed by atoms with van der Waals surface area (Å²) in [5, 5.41) is 7.21. The number of benzene rings is 1. The molecule has 1 unspecified atom stereocenters. The molecule has 8 nitrogen and oxygen atoms in total. The Morgan fingerprint density at radius 1 is 1.36 bits per heavy atom. The molecule has 4 rings (SSSR count). The minimum absolute atomic E-state index is 0.0784. The SMILES string of the molecule is COc1ccc(C2CC(c3ccco3)=NN2c2nc(C)c(C(=O)NN)s2)cc1. The molecule has 28 heavy (non-hydrogen) atoms. The number of methoxy groups -OCH3 is 1. The molecular weight excluding hydrogens is 378 g/mol. The highest BCUT2D eigenvalue weighted by Gasteiger charge is 2.33. The highest BCUT2D eigenvalue weighted by atomic mass is 32.1. The van der Waals surface area contributed by atoms with Gasteiger partial charge in [0.1, 0.15) is 22.1 Å². The topological polar surface area (TPSA) is 106 Å². The quantitative estimate of drug-likeness (QED) is 0.389. The van der Waals surface area contributed by atoms with Gasteiger partial charge in [-0.25, -0.2) is 15.8 Å². The molecule has 1 aliphatic heterocycles. The summed E-state index contributed by atoms with van der Waals surface area (Å²) < 4.78 is 10.8. The molecule has 1 atom stereocenters. The lowest BCUT2D eigenvalue weighted by molar-refractivity contribution is 0.0957. The number of carbonyl (C=O) groups is 1. The lowest BCUT2D eigenvalue weighted by atomic mass is 10.0. The van der Waals surface area contributed by atoms with E-state index in [4.69, 9.17) is 20.1 Å². The third kappa shape index (κ3) is 3.25. The Kier molecular flexibility index (Phi) is 4.84. The summed E-state index contributed by atoms with van der Waals surface area (Å²) in [6.07, 6.45) is 2.27. The number of furan rings is 1. The monoisotopic (exact) mass is 397 g/mol. The number of hydrogen-bond donors (Lipinski definition) is 2. The number of nitrogens with two attached hydrogens (primary N) is 1. The van der Waals surface area contributed by atoms with Crippen LogP contribution in [0.5, 0.6) is 5.75 Å². The lowest BCUT2D eigenvalue weighted by Crippen LogP contribution is -2.29. The van der Waals surface area contributed by atoms with E-state index < -0.39 is 0 Å². The summed E-state index contributed by atoms with van der Waals surface area (Å²) in [5.74, 6) is 6.42. The Morgan fingerprint density at radius 3 is 2.79 bits per heavy atom. The number of nitrogens with zero attached hydrogens (tertiary/aromatic N) is 3. The Hall–Kier alpha value is -3.17. The van der Waals surface area contributed by atoms with E-state index in [0.29, 0.717) is 27.9 Å². The molecule has 144 valence electrons. The zero-order valence-corrected chi connectivity index (χ0v) is 16.2. The highest BCUT2D eigenvalue weighted by molar-refractivity contribution is 7.17. The Balaban J connectivity index is 1.74. The summed E-state index contributed by atoms with van der Waals surface area (Å²) in [7, 11) is 1.64. The molecule has 0 saturated heterocycles. The summed E-state index contributed by atoms with van der Waals surface area (Å²) >= 11 is 1.26. The highest BCUT2D eigenvalue weighted by Crippen LogP contribution is 2.39. The number of aryl methyl sites for hydroxylation is 1. The summed E-state index contributed by atoms with van der Waals surface area (Å²) in [5.41, 5.74) is 4.65. The second kappa shape index (κ2) is 7.45.